The molecular weight excluding hydrogens is 318 g/mol. The normalized spacial score (nSPS) is 15.9. The molecule has 2 heteroatoms. The van der Waals surface area contributed by atoms with Crippen LogP contribution in [0, 0.1) is 0 Å². The maximum absolute atomic E-state index is 6.43. The summed E-state index contributed by atoms with van der Waals surface area (Å²) >= 11 is 0. The van der Waals surface area contributed by atoms with Crippen molar-refractivity contribution in [2.24, 2.45) is 0 Å². The lowest BCUT2D eigenvalue weighted by Crippen LogP contribution is -2.24. The van der Waals surface area contributed by atoms with E-state index in [1.807, 2.05) is 6.07 Å². The number of rotatable bonds is 5. The summed E-state index contributed by atoms with van der Waals surface area (Å²) in [4.78, 5) is 2.29. The van der Waals surface area contributed by atoms with Crippen molar-refractivity contribution in [2.75, 3.05) is 13.6 Å². The minimum absolute atomic E-state index is 0.0440. The Balaban J connectivity index is 1.56. The second-order valence-electron chi connectivity index (χ2n) is 6.81. The van der Waals surface area contributed by atoms with Crippen LogP contribution in [0.15, 0.2) is 90.7 Å². The van der Waals surface area contributed by atoms with Gasteiger partial charge < -0.3 is 4.74 Å². The van der Waals surface area contributed by atoms with E-state index in [1.165, 1.54) is 22.3 Å². The molecule has 0 amide bonds. The number of nitrogens with zero attached hydrogens (tertiary/aromatic N) is 1. The number of likely N-dealkylation sites (N-methyl/N-ethyl adjacent to an activating group) is 1. The first-order valence-corrected chi connectivity index (χ1v) is 9.03. The molecule has 4 rings (SSSR count). The lowest BCUT2D eigenvalue weighted by molar-refractivity contribution is 0.125. The third-order valence-electron chi connectivity index (χ3n) is 4.69. The van der Waals surface area contributed by atoms with Gasteiger partial charge >= 0.3 is 0 Å². The van der Waals surface area contributed by atoms with Crippen LogP contribution in [0.4, 0.5) is 0 Å². The standard InChI is InChI=1S/C24H23NO/c1-25(17-19-10-4-2-5-11-19)18-22-16-21-14-8-9-15-23(21)24(26-22)20-12-6-3-7-13-20/h2-16,24H,17-18H2,1H3. The fourth-order valence-corrected chi connectivity index (χ4v) is 3.48. The lowest BCUT2D eigenvalue weighted by atomic mass is 9.94. The number of hydrogen-bond acceptors (Lipinski definition) is 2. The van der Waals surface area contributed by atoms with Crippen molar-refractivity contribution in [1.29, 1.82) is 0 Å². The van der Waals surface area contributed by atoms with Gasteiger partial charge in [0.15, 0.2) is 0 Å². The Morgan fingerprint density at radius 1 is 0.769 bits per heavy atom. The summed E-state index contributed by atoms with van der Waals surface area (Å²) < 4.78 is 6.43. The highest BCUT2D eigenvalue weighted by Crippen LogP contribution is 2.36. The zero-order valence-corrected chi connectivity index (χ0v) is 15.0. The molecule has 130 valence electrons. The summed E-state index contributed by atoms with van der Waals surface area (Å²) in [6.07, 6.45) is 2.13. The van der Waals surface area contributed by atoms with Crippen molar-refractivity contribution in [3.05, 3.63) is 113 Å². The third-order valence-corrected chi connectivity index (χ3v) is 4.69. The summed E-state index contributed by atoms with van der Waals surface area (Å²) in [6.45, 7) is 1.69. The van der Waals surface area contributed by atoms with E-state index in [0.29, 0.717) is 0 Å². The number of fused-ring (bicyclic) bond motifs is 1. The highest BCUT2D eigenvalue weighted by atomic mass is 16.5. The van der Waals surface area contributed by atoms with Crippen molar-refractivity contribution >= 4 is 6.08 Å². The molecule has 2 nitrogen and oxygen atoms in total. The molecule has 0 aromatic heterocycles. The maximum Gasteiger partial charge on any atom is 0.149 e. The van der Waals surface area contributed by atoms with Gasteiger partial charge in [0.2, 0.25) is 0 Å². The molecule has 0 saturated carbocycles. The molecule has 0 aliphatic carbocycles. The minimum Gasteiger partial charge on any atom is -0.484 e. The molecular formula is C24H23NO. The fraction of sp³-hybridized carbons (Fsp3) is 0.167. The van der Waals surface area contributed by atoms with Gasteiger partial charge in [0.25, 0.3) is 0 Å². The zero-order valence-electron chi connectivity index (χ0n) is 15.0. The van der Waals surface area contributed by atoms with Gasteiger partial charge in [0.05, 0.1) is 6.54 Å². The highest BCUT2D eigenvalue weighted by molar-refractivity contribution is 5.60. The van der Waals surface area contributed by atoms with Crippen molar-refractivity contribution in [1.82, 2.24) is 4.90 Å². The second kappa shape index (κ2) is 7.59. The van der Waals surface area contributed by atoms with E-state index < -0.39 is 0 Å². The molecule has 0 fully saturated rings. The van der Waals surface area contributed by atoms with E-state index in [2.05, 4.69) is 96.9 Å². The van der Waals surface area contributed by atoms with Crippen LogP contribution in [0.1, 0.15) is 28.4 Å². The first kappa shape index (κ1) is 16.6. The molecule has 1 aliphatic rings. The Morgan fingerprint density at radius 2 is 1.42 bits per heavy atom. The first-order chi connectivity index (χ1) is 12.8. The third kappa shape index (κ3) is 3.71. The van der Waals surface area contributed by atoms with Crippen LogP contribution in [0.2, 0.25) is 0 Å². The van der Waals surface area contributed by atoms with Gasteiger partial charge in [-0.2, -0.15) is 0 Å². The molecule has 0 radical (unpaired) electrons. The maximum atomic E-state index is 6.43. The molecule has 0 N–H and O–H groups in total. The Morgan fingerprint density at radius 3 is 2.19 bits per heavy atom. The SMILES string of the molecule is CN(CC1=Cc2ccccc2C(c2ccccc2)O1)Cc1ccccc1. The van der Waals surface area contributed by atoms with Gasteiger partial charge in [-0.1, -0.05) is 84.9 Å². The number of ether oxygens (including phenoxy) is 1. The van der Waals surface area contributed by atoms with Gasteiger partial charge in [-0.3, -0.25) is 4.90 Å². The van der Waals surface area contributed by atoms with E-state index in [0.717, 1.165) is 18.8 Å². The minimum atomic E-state index is -0.0440. The molecule has 1 aliphatic heterocycles. The summed E-state index contributed by atoms with van der Waals surface area (Å²) in [5.74, 6) is 1.01. The average Bonchev–Trinajstić information content (AvgIpc) is 2.69. The number of hydrogen-bond donors (Lipinski definition) is 0. The van der Waals surface area contributed by atoms with Crippen molar-refractivity contribution in [3.63, 3.8) is 0 Å². The molecule has 3 aromatic rings. The van der Waals surface area contributed by atoms with Crippen LogP contribution in [-0.2, 0) is 11.3 Å². The lowest BCUT2D eigenvalue weighted by Gasteiger charge is -2.29. The smallest absolute Gasteiger partial charge is 0.149 e. The van der Waals surface area contributed by atoms with E-state index in [1.54, 1.807) is 0 Å². The first-order valence-electron chi connectivity index (χ1n) is 9.03. The van der Waals surface area contributed by atoms with Crippen LogP contribution in [0.5, 0.6) is 0 Å². The molecule has 3 aromatic carbocycles. The van der Waals surface area contributed by atoms with E-state index >= 15 is 0 Å². The Kier molecular flexibility index (Phi) is 4.85. The molecule has 1 heterocycles. The Labute approximate surface area is 155 Å². The van der Waals surface area contributed by atoms with Crippen LogP contribution >= 0.6 is 0 Å². The molecule has 26 heavy (non-hydrogen) atoms. The van der Waals surface area contributed by atoms with E-state index in [9.17, 15) is 0 Å². The van der Waals surface area contributed by atoms with Gasteiger partial charge in [-0.15, -0.1) is 0 Å². The highest BCUT2D eigenvalue weighted by Gasteiger charge is 2.24. The fourth-order valence-electron chi connectivity index (χ4n) is 3.48. The van der Waals surface area contributed by atoms with Crippen molar-refractivity contribution in [2.45, 2.75) is 12.6 Å². The van der Waals surface area contributed by atoms with Crippen LogP contribution in [-0.4, -0.2) is 18.5 Å². The van der Waals surface area contributed by atoms with E-state index in [4.69, 9.17) is 4.74 Å². The summed E-state index contributed by atoms with van der Waals surface area (Å²) in [5.41, 5.74) is 4.98. The topological polar surface area (TPSA) is 12.5 Å². The average molecular weight is 341 g/mol. The molecule has 1 atom stereocenters. The molecule has 0 bridgehead atoms. The zero-order chi connectivity index (χ0) is 17.8. The molecule has 1 unspecified atom stereocenters. The quantitative estimate of drug-likeness (QED) is 0.626. The second-order valence-corrected chi connectivity index (χ2v) is 6.81. The van der Waals surface area contributed by atoms with Gasteiger partial charge in [0, 0.05) is 12.1 Å². The summed E-state index contributed by atoms with van der Waals surface area (Å²) in [5, 5.41) is 0. The van der Waals surface area contributed by atoms with Crippen molar-refractivity contribution < 1.29 is 4.74 Å². The molecule has 0 spiro atoms. The van der Waals surface area contributed by atoms with Gasteiger partial charge in [-0.25, -0.2) is 0 Å². The predicted molar refractivity (Wildman–Crippen MR) is 107 cm³/mol. The van der Waals surface area contributed by atoms with Crippen LogP contribution in [0.3, 0.4) is 0 Å². The molecule has 0 saturated heterocycles. The van der Waals surface area contributed by atoms with Crippen LogP contribution in [0.25, 0.3) is 6.08 Å². The summed E-state index contributed by atoms with van der Waals surface area (Å²) in [6, 6.07) is 29.5. The van der Waals surface area contributed by atoms with Crippen LogP contribution < -0.4 is 0 Å². The Hall–Kier alpha value is -2.84. The number of benzene rings is 3. The van der Waals surface area contributed by atoms with Gasteiger partial charge in [0.1, 0.15) is 11.9 Å². The van der Waals surface area contributed by atoms with Crippen molar-refractivity contribution in [3.8, 4) is 0 Å². The monoisotopic (exact) mass is 341 g/mol. The largest absolute Gasteiger partial charge is 0.484 e. The van der Waals surface area contributed by atoms with E-state index in [-0.39, 0.29) is 6.10 Å². The Bertz CT molecular complexity index is 886. The summed E-state index contributed by atoms with van der Waals surface area (Å²) in [7, 11) is 2.13. The predicted octanol–water partition coefficient (Wildman–Crippen LogP) is 5.28. The van der Waals surface area contributed by atoms with Gasteiger partial charge in [-0.05, 0) is 29.8 Å².